The molecule has 0 saturated carbocycles. The van der Waals surface area contributed by atoms with E-state index in [-0.39, 0.29) is 17.3 Å². The second kappa shape index (κ2) is 9.79. The molecule has 0 aromatic heterocycles. The Morgan fingerprint density at radius 3 is 2.32 bits per heavy atom. The van der Waals surface area contributed by atoms with Crippen molar-refractivity contribution in [3.05, 3.63) is 90.0 Å². The first-order chi connectivity index (χ1) is 16.3. The van der Waals surface area contributed by atoms with E-state index in [9.17, 15) is 18.0 Å². The summed E-state index contributed by atoms with van der Waals surface area (Å²) in [6, 6.07) is 22.1. The molecule has 0 radical (unpaired) electrons. The molecule has 7 nitrogen and oxygen atoms in total. The Labute approximate surface area is 200 Å². The Morgan fingerprint density at radius 2 is 1.62 bits per heavy atom. The number of fused-ring (bicyclic) bond motifs is 1. The number of carbonyl (C=O) groups is 2. The lowest BCUT2D eigenvalue weighted by Gasteiger charge is -2.37. The zero-order chi connectivity index (χ0) is 24.3. The van der Waals surface area contributed by atoms with E-state index >= 15 is 0 Å². The van der Waals surface area contributed by atoms with E-state index in [1.807, 2.05) is 49.4 Å². The molecule has 34 heavy (non-hydrogen) atoms. The van der Waals surface area contributed by atoms with Gasteiger partial charge in [-0.25, -0.2) is 8.42 Å². The minimum Gasteiger partial charge on any atom is -0.324 e. The number of rotatable bonds is 6. The quantitative estimate of drug-likeness (QED) is 0.588. The van der Waals surface area contributed by atoms with Crippen molar-refractivity contribution in [2.45, 2.75) is 30.7 Å². The van der Waals surface area contributed by atoms with E-state index in [1.54, 1.807) is 24.3 Å². The molecular weight excluding hydrogens is 450 g/mol. The van der Waals surface area contributed by atoms with Gasteiger partial charge in [0, 0.05) is 18.4 Å². The summed E-state index contributed by atoms with van der Waals surface area (Å²) in [5.41, 5.74) is 3.30. The van der Waals surface area contributed by atoms with Crippen LogP contribution in [0.5, 0.6) is 0 Å². The summed E-state index contributed by atoms with van der Waals surface area (Å²) in [5.74, 6) is -0.765. The summed E-state index contributed by atoms with van der Waals surface area (Å²) in [7, 11) is -2.48. The molecule has 0 bridgehead atoms. The highest BCUT2D eigenvalue weighted by Gasteiger charge is 2.37. The number of amides is 2. The molecule has 4 rings (SSSR count). The van der Waals surface area contributed by atoms with Gasteiger partial charge in [-0.05, 0) is 55.7 Å². The maximum absolute atomic E-state index is 13.5. The first kappa shape index (κ1) is 23.7. The van der Waals surface area contributed by atoms with Crippen LogP contribution in [0.25, 0.3) is 0 Å². The van der Waals surface area contributed by atoms with Crippen molar-refractivity contribution in [2.24, 2.45) is 0 Å². The van der Waals surface area contributed by atoms with Gasteiger partial charge < -0.3 is 5.32 Å². The Bertz CT molecular complexity index is 1290. The fourth-order valence-corrected chi connectivity index (χ4v) is 5.23. The summed E-state index contributed by atoms with van der Waals surface area (Å²) in [4.78, 5) is 28.3. The Balaban J connectivity index is 1.60. The number of hydrogen-bond donors (Lipinski definition) is 1. The van der Waals surface area contributed by atoms with Crippen molar-refractivity contribution in [1.82, 2.24) is 4.31 Å². The van der Waals surface area contributed by atoms with Crippen LogP contribution in [-0.2, 0) is 26.0 Å². The van der Waals surface area contributed by atoms with Crippen molar-refractivity contribution in [3.8, 4) is 0 Å². The lowest BCUT2D eigenvalue weighted by molar-refractivity contribution is -0.124. The van der Waals surface area contributed by atoms with E-state index in [0.29, 0.717) is 24.2 Å². The van der Waals surface area contributed by atoms with E-state index in [1.165, 1.54) is 24.1 Å². The highest BCUT2D eigenvalue weighted by molar-refractivity contribution is 7.89. The highest BCUT2D eigenvalue weighted by Crippen LogP contribution is 2.32. The van der Waals surface area contributed by atoms with Gasteiger partial charge in [0.25, 0.3) is 0 Å². The largest absolute Gasteiger partial charge is 0.324 e. The maximum atomic E-state index is 13.5. The first-order valence-electron chi connectivity index (χ1n) is 11.1. The molecule has 1 atom stereocenters. The maximum Gasteiger partial charge on any atom is 0.247 e. The zero-order valence-electron chi connectivity index (χ0n) is 19.1. The second-order valence-corrected chi connectivity index (χ2v) is 10.4. The summed E-state index contributed by atoms with van der Waals surface area (Å²) >= 11 is 0. The lowest BCUT2D eigenvalue weighted by Crippen LogP contribution is -2.53. The summed E-state index contributed by atoms with van der Waals surface area (Å²) in [6.07, 6.45) is 1.08. The minimum atomic E-state index is -3.86. The third kappa shape index (κ3) is 4.88. The number of nitrogens with one attached hydrogen (secondary N) is 1. The van der Waals surface area contributed by atoms with Gasteiger partial charge in [0.05, 0.1) is 11.4 Å². The molecular formula is C26H27N3O4S. The normalized spacial score (nSPS) is 15.6. The number of benzene rings is 3. The number of hydrogen-bond acceptors (Lipinski definition) is 4. The molecule has 1 N–H and O–H groups in total. The Hall–Kier alpha value is -3.49. The van der Waals surface area contributed by atoms with Crippen LogP contribution in [-0.4, -0.2) is 44.2 Å². The molecule has 0 spiro atoms. The van der Waals surface area contributed by atoms with Crippen LogP contribution < -0.4 is 10.2 Å². The Morgan fingerprint density at radius 1 is 0.971 bits per heavy atom. The monoisotopic (exact) mass is 477 g/mol. The van der Waals surface area contributed by atoms with Crippen LogP contribution in [0.15, 0.2) is 83.8 Å². The first-order valence-corrected chi connectivity index (χ1v) is 12.5. The zero-order valence-corrected chi connectivity index (χ0v) is 20.0. The van der Waals surface area contributed by atoms with Gasteiger partial charge in [-0.3, -0.25) is 14.5 Å². The molecule has 8 heteroatoms. The number of anilines is 2. The smallest absolute Gasteiger partial charge is 0.247 e. The van der Waals surface area contributed by atoms with E-state index in [4.69, 9.17) is 0 Å². The van der Waals surface area contributed by atoms with Gasteiger partial charge in [-0.1, -0.05) is 54.1 Å². The second-order valence-electron chi connectivity index (χ2n) is 8.38. The van der Waals surface area contributed by atoms with Gasteiger partial charge >= 0.3 is 0 Å². The van der Waals surface area contributed by atoms with Crippen molar-refractivity contribution >= 4 is 33.2 Å². The minimum absolute atomic E-state index is 0.109. The standard InChI is InChI=1S/C26H27N3O4S/c1-19-12-15-21(16-13-19)27-26(31)24-17-14-20-8-6-7-11-23(20)29(24)25(30)18-28(2)34(32,33)22-9-4-3-5-10-22/h3-13,15-16,24H,14,17-18H2,1-2H3,(H,27,31). The molecule has 0 saturated heterocycles. The number of nitrogens with zero attached hydrogens (tertiary/aromatic N) is 2. The van der Waals surface area contributed by atoms with Crippen LogP contribution in [0, 0.1) is 6.92 Å². The predicted molar refractivity (Wildman–Crippen MR) is 132 cm³/mol. The number of likely N-dealkylation sites (N-methyl/N-ethyl adjacent to an activating group) is 1. The van der Waals surface area contributed by atoms with Crippen LogP contribution in [0.1, 0.15) is 17.5 Å². The molecule has 1 heterocycles. The molecule has 1 unspecified atom stereocenters. The number of carbonyl (C=O) groups excluding carboxylic acids is 2. The number of sulfonamides is 1. The van der Waals surface area contributed by atoms with Crippen LogP contribution in [0.4, 0.5) is 11.4 Å². The molecule has 176 valence electrons. The summed E-state index contributed by atoms with van der Waals surface area (Å²) in [6.45, 7) is 1.57. The predicted octanol–water partition coefficient (Wildman–Crippen LogP) is 3.60. The van der Waals surface area contributed by atoms with Gasteiger partial charge in [0.2, 0.25) is 21.8 Å². The molecule has 1 aliphatic heterocycles. The number of para-hydroxylation sites is 1. The highest BCUT2D eigenvalue weighted by atomic mass is 32.2. The van der Waals surface area contributed by atoms with Gasteiger partial charge in [0.15, 0.2) is 0 Å². The fraction of sp³-hybridized carbons (Fsp3) is 0.231. The van der Waals surface area contributed by atoms with Crippen molar-refractivity contribution in [1.29, 1.82) is 0 Å². The van der Waals surface area contributed by atoms with Crippen LogP contribution >= 0.6 is 0 Å². The van der Waals surface area contributed by atoms with E-state index < -0.39 is 22.0 Å². The van der Waals surface area contributed by atoms with E-state index in [2.05, 4.69) is 5.32 Å². The van der Waals surface area contributed by atoms with Gasteiger partial charge in [0.1, 0.15) is 6.04 Å². The fourth-order valence-electron chi connectivity index (χ4n) is 4.09. The molecule has 3 aromatic rings. The molecule has 3 aromatic carbocycles. The van der Waals surface area contributed by atoms with Crippen molar-refractivity contribution < 1.29 is 18.0 Å². The number of aryl methyl sites for hydroxylation is 2. The third-order valence-electron chi connectivity index (χ3n) is 5.95. The lowest BCUT2D eigenvalue weighted by atomic mass is 9.95. The van der Waals surface area contributed by atoms with Crippen molar-refractivity contribution in [2.75, 3.05) is 23.8 Å². The molecule has 2 amide bonds. The van der Waals surface area contributed by atoms with E-state index in [0.717, 1.165) is 15.4 Å². The molecule has 0 aliphatic carbocycles. The third-order valence-corrected chi connectivity index (χ3v) is 7.77. The average Bonchev–Trinajstić information content (AvgIpc) is 2.85. The summed E-state index contributed by atoms with van der Waals surface area (Å²) in [5, 5.41) is 2.90. The van der Waals surface area contributed by atoms with Gasteiger partial charge in [-0.2, -0.15) is 4.31 Å². The molecule has 0 fully saturated rings. The summed E-state index contributed by atoms with van der Waals surface area (Å²) < 4.78 is 26.9. The van der Waals surface area contributed by atoms with Crippen LogP contribution in [0.3, 0.4) is 0 Å². The molecule has 1 aliphatic rings. The average molecular weight is 478 g/mol. The SMILES string of the molecule is Cc1ccc(NC(=O)C2CCc3ccccc3N2C(=O)CN(C)S(=O)(=O)c2ccccc2)cc1. The Kier molecular flexibility index (Phi) is 6.81. The topological polar surface area (TPSA) is 86.8 Å². The van der Waals surface area contributed by atoms with Crippen molar-refractivity contribution in [3.63, 3.8) is 0 Å². The van der Waals surface area contributed by atoms with Crippen LogP contribution in [0.2, 0.25) is 0 Å². The van der Waals surface area contributed by atoms with Gasteiger partial charge in [-0.15, -0.1) is 0 Å².